The zero-order valence-electron chi connectivity index (χ0n) is 10.1. The summed E-state index contributed by atoms with van der Waals surface area (Å²) >= 11 is 11.8. The Kier molecular flexibility index (Phi) is 3.33. The van der Waals surface area contributed by atoms with Gasteiger partial charge in [-0.25, -0.2) is 14.5 Å². The average molecular weight is 299 g/mol. The van der Waals surface area contributed by atoms with E-state index in [1.807, 2.05) is 0 Å². The van der Waals surface area contributed by atoms with Gasteiger partial charge in [0.05, 0.1) is 6.54 Å². The molecule has 0 bridgehead atoms. The number of pyridine rings is 1. The van der Waals surface area contributed by atoms with E-state index >= 15 is 0 Å². The Bertz CT molecular complexity index is 677. The topological polar surface area (TPSA) is 52.7 Å². The SMILES string of the molecule is O=c1n(Cc2ccc(Cl)nc2Cl)nc2n1CCCC2. The zero-order chi connectivity index (χ0) is 13.4. The van der Waals surface area contributed by atoms with Gasteiger partial charge in [-0.3, -0.25) is 4.57 Å². The molecule has 0 saturated heterocycles. The molecule has 0 amide bonds. The molecule has 0 aliphatic carbocycles. The molecule has 0 N–H and O–H groups in total. The molecular formula is C12H12Cl2N4O. The Balaban J connectivity index is 1.95. The molecule has 0 atom stereocenters. The molecule has 7 heteroatoms. The number of fused-ring (bicyclic) bond motifs is 1. The lowest BCUT2D eigenvalue weighted by Gasteiger charge is -2.09. The van der Waals surface area contributed by atoms with Gasteiger partial charge >= 0.3 is 5.69 Å². The van der Waals surface area contributed by atoms with Crippen LogP contribution < -0.4 is 5.69 Å². The van der Waals surface area contributed by atoms with E-state index in [4.69, 9.17) is 23.2 Å². The summed E-state index contributed by atoms with van der Waals surface area (Å²) in [5.74, 6) is 0.856. The van der Waals surface area contributed by atoms with Crippen LogP contribution >= 0.6 is 23.2 Å². The van der Waals surface area contributed by atoms with Crippen molar-refractivity contribution in [2.75, 3.05) is 0 Å². The van der Waals surface area contributed by atoms with Crippen LogP contribution in [0.4, 0.5) is 0 Å². The van der Waals surface area contributed by atoms with Gasteiger partial charge in [-0.05, 0) is 18.9 Å². The third-order valence-corrected chi connectivity index (χ3v) is 3.78. The van der Waals surface area contributed by atoms with Crippen molar-refractivity contribution in [3.8, 4) is 0 Å². The first-order chi connectivity index (χ1) is 9.15. The Morgan fingerprint density at radius 2 is 2.11 bits per heavy atom. The second kappa shape index (κ2) is 4.98. The molecule has 3 heterocycles. The van der Waals surface area contributed by atoms with Crippen molar-refractivity contribution in [3.05, 3.63) is 44.3 Å². The van der Waals surface area contributed by atoms with Crippen LogP contribution in [0.25, 0.3) is 0 Å². The fraction of sp³-hybridized carbons (Fsp3) is 0.417. The highest BCUT2D eigenvalue weighted by molar-refractivity contribution is 6.32. The van der Waals surface area contributed by atoms with E-state index in [0.29, 0.717) is 16.9 Å². The Hall–Kier alpha value is -1.33. The van der Waals surface area contributed by atoms with E-state index < -0.39 is 0 Å². The van der Waals surface area contributed by atoms with Gasteiger partial charge in [0.2, 0.25) is 0 Å². The van der Waals surface area contributed by atoms with Crippen LogP contribution in [-0.2, 0) is 19.5 Å². The first-order valence-electron chi connectivity index (χ1n) is 6.12. The van der Waals surface area contributed by atoms with Crippen LogP contribution in [0.15, 0.2) is 16.9 Å². The van der Waals surface area contributed by atoms with Crippen molar-refractivity contribution in [2.45, 2.75) is 32.4 Å². The van der Waals surface area contributed by atoms with Gasteiger partial charge in [0.25, 0.3) is 0 Å². The summed E-state index contributed by atoms with van der Waals surface area (Å²) in [5.41, 5.74) is 0.657. The van der Waals surface area contributed by atoms with E-state index in [1.165, 1.54) is 4.68 Å². The number of nitrogens with zero attached hydrogens (tertiary/aromatic N) is 4. The molecule has 2 aromatic heterocycles. The van der Waals surface area contributed by atoms with Crippen LogP contribution in [0.2, 0.25) is 10.3 Å². The highest BCUT2D eigenvalue weighted by Gasteiger charge is 2.17. The van der Waals surface area contributed by atoms with E-state index in [-0.39, 0.29) is 5.69 Å². The maximum Gasteiger partial charge on any atom is 0.346 e. The number of rotatable bonds is 2. The predicted molar refractivity (Wildman–Crippen MR) is 72.8 cm³/mol. The second-order valence-corrected chi connectivity index (χ2v) is 5.29. The van der Waals surface area contributed by atoms with Crippen LogP contribution in [0.5, 0.6) is 0 Å². The summed E-state index contributed by atoms with van der Waals surface area (Å²) in [6.07, 6.45) is 2.97. The maximum absolute atomic E-state index is 12.2. The van der Waals surface area contributed by atoms with Crippen LogP contribution in [0.3, 0.4) is 0 Å². The summed E-state index contributed by atoms with van der Waals surface area (Å²) < 4.78 is 3.18. The standard InChI is InChI=1S/C12H12Cl2N4O/c13-9-5-4-8(11(14)15-9)7-18-12(19)17-6-2-1-3-10(17)16-18/h4-5H,1-3,6-7H2. The predicted octanol–water partition coefficient (Wildman–Crippen LogP) is 2.13. The van der Waals surface area contributed by atoms with E-state index in [2.05, 4.69) is 10.1 Å². The minimum Gasteiger partial charge on any atom is -0.279 e. The largest absolute Gasteiger partial charge is 0.346 e. The first-order valence-corrected chi connectivity index (χ1v) is 6.88. The van der Waals surface area contributed by atoms with Gasteiger partial charge in [-0.2, -0.15) is 5.10 Å². The third-order valence-electron chi connectivity index (χ3n) is 3.24. The van der Waals surface area contributed by atoms with Gasteiger partial charge in [0.1, 0.15) is 16.1 Å². The lowest BCUT2D eigenvalue weighted by Crippen LogP contribution is -2.27. The molecule has 1 aliphatic rings. The van der Waals surface area contributed by atoms with Crippen LogP contribution in [0, 0.1) is 0 Å². The molecule has 100 valence electrons. The summed E-state index contributed by atoms with van der Waals surface area (Å²) in [6.45, 7) is 1.07. The number of hydrogen-bond donors (Lipinski definition) is 0. The molecule has 0 aromatic carbocycles. The number of halogens is 2. The molecule has 3 rings (SSSR count). The first kappa shape index (κ1) is 12.7. The van der Waals surface area contributed by atoms with Gasteiger partial charge in [-0.1, -0.05) is 29.3 Å². The van der Waals surface area contributed by atoms with E-state index in [9.17, 15) is 4.79 Å². The molecule has 2 aromatic rings. The summed E-state index contributed by atoms with van der Waals surface area (Å²) in [4.78, 5) is 16.1. The summed E-state index contributed by atoms with van der Waals surface area (Å²) in [5, 5.41) is 5.01. The summed E-state index contributed by atoms with van der Waals surface area (Å²) in [6, 6.07) is 3.42. The van der Waals surface area contributed by atoms with Crippen molar-refractivity contribution in [2.24, 2.45) is 0 Å². The van der Waals surface area contributed by atoms with E-state index in [0.717, 1.165) is 37.2 Å². The van der Waals surface area contributed by atoms with Crippen molar-refractivity contribution < 1.29 is 0 Å². The molecule has 5 nitrogen and oxygen atoms in total. The smallest absolute Gasteiger partial charge is 0.279 e. The minimum absolute atomic E-state index is 0.0827. The van der Waals surface area contributed by atoms with Crippen molar-refractivity contribution in [1.82, 2.24) is 19.3 Å². The molecule has 0 unspecified atom stereocenters. The van der Waals surface area contributed by atoms with Crippen LogP contribution in [-0.4, -0.2) is 19.3 Å². The van der Waals surface area contributed by atoms with Crippen molar-refractivity contribution >= 4 is 23.2 Å². The average Bonchev–Trinajstić information content (AvgIpc) is 2.70. The van der Waals surface area contributed by atoms with Crippen molar-refractivity contribution in [3.63, 3.8) is 0 Å². The van der Waals surface area contributed by atoms with Gasteiger partial charge in [0, 0.05) is 18.5 Å². The highest BCUT2D eigenvalue weighted by Crippen LogP contribution is 2.17. The molecular weight excluding hydrogens is 287 g/mol. The molecule has 0 fully saturated rings. The highest BCUT2D eigenvalue weighted by atomic mass is 35.5. The molecule has 0 spiro atoms. The Labute approximate surface area is 119 Å². The third kappa shape index (κ3) is 2.40. The fourth-order valence-corrected chi connectivity index (χ4v) is 2.68. The fourth-order valence-electron chi connectivity index (χ4n) is 2.27. The van der Waals surface area contributed by atoms with Gasteiger partial charge < -0.3 is 0 Å². The lowest BCUT2D eigenvalue weighted by molar-refractivity contribution is 0.511. The maximum atomic E-state index is 12.2. The normalized spacial score (nSPS) is 14.4. The lowest BCUT2D eigenvalue weighted by atomic mass is 10.2. The second-order valence-electron chi connectivity index (χ2n) is 4.55. The van der Waals surface area contributed by atoms with Crippen molar-refractivity contribution in [1.29, 1.82) is 0 Å². The summed E-state index contributed by atoms with van der Waals surface area (Å²) in [7, 11) is 0. The quantitative estimate of drug-likeness (QED) is 0.798. The van der Waals surface area contributed by atoms with Crippen LogP contribution in [0.1, 0.15) is 24.2 Å². The zero-order valence-corrected chi connectivity index (χ0v) is 11.7. The minimum atomic E-state index is -0.0827. The molecule has 19 heavy (non-hydrogen) atoms. The number of hydrogen-bond acceptors (Lipinski definition) is 3. The Morgan fingerprint density at radius 1 is 1.26 bits per heavy atom. The molecule has 1 aliphatic heterocycles. The van der Waals surface area contributed by atoms with Gasteiger partial charge in [0.15, 0.2) is 0 Å². The molecule has 0 saturated carbocycles. The molecule has 0 radical (unpaired) electrons. The monoisotopic (exact) mass is 298 g/mol. The Morgan fingerprint density at radius 3 is 2.84 bits per heavy atom. The van der Waals surface area contributed by atoms with E-state index in [1.54, 1.807) is 16.7 Å². The number of aryl methyl sites for hydroxylation is 1. The van der Waals surface area contributed by atoms with Gasteiger partial charge in [-0.15, -0.1) is 0 Å². The number of aromatic nitrogens is 4.